The zero-order valence-corrected chi connectivity index (χ0v) is 17.5. The maximum atomic E-state index is 11.9. The monoisotopic (exact) mass is 358 g/mol. The number of carbonyl (C=O) groups is 1. The van der Waals surface area contributed by atoms with Crippen LogP contribution in [-0.4, -0.2) is 12.1 Å². The molecule has 0 N–H and O–H groups in total. The van der Waals surface area contributed by atoms with Gasteiger partial charge in [-0.25, -0.2) is 0 Å². The van der Waals surface area contributed by atoms with Crippen molar-refractivity contribution in [2.45, 2.75) is 92.1 Å². The van der Waals surface area contributed by atoms with Gasteiger partial charge in [0, 0.05) is 12.8 Å². The molecular weight excluding hydrogens is 320 g/mol. The highest BCUT2D eigenvalue weighted by Crippen LogP contribution is 2.68. The van der Waals surface area contributed by atoms with Crippen molar-refractivity contribution in [3.8, 4) is 0 Å². The third-order valence-corrected chi connectivity index (χ3v) is 9.43. The van der Waals surface area contributed by atoms with Gasteiger partial charge in [-0.05, 0) is 86.4 Å². The Kier molecular flexibility index (Phi) is 4.56. The third-order valence-electron chi connectivity index (χ3n) is 9.43. The summed E-state index contributed by atoms with van der Waals surface area (Å²) in [7, 11) is 0. The number of fused-ring (bicyclic) bond motifs is 5. The van der Waals surface area contributed by atoms with Crippen LogP contribution in [-0.2, 0) is 9.53 Å². The highest BCUT2D eigenvalue weighted by Gasteiger charge is 2.62. The van der Waals surface area contributed by atoms with Crippen LogP contribution in [0.25, 0.3) is 0 Å². The van der Waals surface area contributed by atoms with Gasteiger partial charge in [-0.2, -0.15) is 0 Å². The molecule has 0 aromatic rings. The fourth-order valence-corrected chi connectivity index (χ4v) is 8.07. The molecule has 2 heteroatoms. The number of hydrogen-bond acceptors (Lipinski definition) is 2. The standard InChI is InChI=1S/C24H38O2/c1-6-17-7-8-19-22-20(10-12-23(17,19)4)24(5)11-9-15(2)13-18(24)14-21(22)26-16(3)25/h6,15,18-22H,7-14H2,1-5H3/b17-6-/t15-,18+,19+,20+,21-,22+,23-,24+/m1/s1. The first-order valence-electron chi connectivity index (χ1n) is 11.1. The smallest absolute Gasteiger partial charge is 0.302 e. The molecule has 0 radical (unpaired) electrons. The van der Waals surface area contributed by atoms with Crippen LogP contribution in [0.1, 0.15) is 86.0 Å². The maximum Gasteiger partial charge on any atom is 0.302 e. The molecule has 4 fully saturated rings. The van der Waals surface area contributed by atoms with Crippen molar-refractivity contribution in [3.63, 3.8) is 0 Å². The molecule has 26 heavy (non-hydrogen) atoms. The van der Waals surface area contributed by atoms with E-state index in [0.29, 0.717) is 22.7 Å². The molecule has 0 aliphatic heterocycles. The molecule has 0 saturated heterocycles. The van der Waals surface area contributed by atoms with Gasteiger partial charge in [0.25, 0.3) is 0 Å². The number of esters is 1. The molecule has 4 rings (SSSR count). The van der Waals surface area contributed by atoms with Crippen LogP contribution in [0.4, 0.5) is 0 Å². The van der Waals surface area contributed by atoms with Crippen LogP contribution >= 0.6 is 0 Å². The van der Waals surface area contributed by atoms with Crippen LogP contribution < -0.4 is 0 Å². The van der Waals surface area contributed by atoms with Gasteiger partial charge in [-0.1, -0.05) is 38.8 Å². The van der Waals surface area contributed by atoms with E-state index in [-0.39, 0.29) is 12.1 Å². The third kappa shape index (κ3) is 2.61. The van der Waals surface area contributed by atoms with Crippen molar-refractivity contribution in [2.24, 2.45) is 40.4 Å². The molecule has 0 unspecified atom stereocenters. The van der Waals surface area contributed by atoms with Crippen molar-refractivity contribution in [3.05, 3.63) is 11.6 Å². The molecule has 2 nitrogen and oxygen atoms in total. The fourth-order valence-electron chi connectivity index (χ4n) is 8.07. The van der Waals surface area contributed by atoms with Crippen LogP contribution in [0, 0.1) is 40.4 Å². The van der Waals surface area contributed by atoms with Crippen LogP contribution in [0.2, 0.25) is 0 Å². The van der Waals surface area contributed by atoms with E-state index in [9.17, 15) is 4.79 Å². The first kappa shape index (κ1) is 18.6. The van der Waals surface area contributed by atoms with Crippen molar-refractivity contribution < 1.29 is 9.53 Å². The minimum absolute atomic E-state index is 0.0715. The minimum atomic E-state index is -0.0715. The van der Waals surface area contributed by atoms with E-state index in [1.807, 2.05) is 0 Å². The summed E-state index contributed by atoms with van der Waals surface area (Å²) in [6.45, 7) is 11.4. The van der Waals surface area contributed by atoms with Crippen LogP contribution in [0.3, 0.4) is 0 Å². The van der Waals surface area contributed by atoms with Gasteiger partial charge in [0.1, 0.15) is 6.10 Å². The van der Waals surface area contributed by atoms with E-state index in [4.69, 9.17) is 4.74 Å². The van der Waals surface area contributed by atoms with Gasteiger partial charge in [0.05, 0.1) is 0 Å². The highest BCUT2D eigenvalue weighted by molar-refractivity contribution is 5.66. The van der Waals surface area contributed by atoms with Gasteiger partial charge < -0.3 is 4.74 Å². The number of hydrogen-bond donors (Lipinski definition) is 0. The Hall–Kier alpha value is -0.790. The summed E-state index contributed by atoms with van der Waals surface area (Å²) in [4.78, 5) is 11.9. The molecular formula is C24H38O2. The average molecular weight is 359 g/mol. The molecule has 0 bridgehead atoms. The summed E-state index contributed by atoms with van der Waals surface area (Å²) in [6, 6.07) is 0. The van der Waals surface area contributed by atoms with E-state index in [2.05, 4.69) is 33.8 Å². The Morgan fingerprint density at radius 2 is 1.88 bits per heavy atom. The van der Waals surface area contributed by atoms with Crippen LogP contribution in [0.15, 0.2) is 11.6 Å². The van der Waals surface area contributed by atoms with E-state index in [1.165, 1.54) is 44.9 Å². The molecule has 4 aliphatic rings. The molecule has 8 atom stereocenters. The molecule has 4 aliphatic carbocycles. The Morgan fingerprint density at radius 3 is 2.58 bits per heavy atom. The number of rotatable bonds is 1. The van der Waals surface area contributed by atoms with E-state index < -0.39 is 0 Å². The number of carbonyl (C=O) groups excluding carboxylic acids is 1. The average Bonchev–Trinajstić information content (AvgIpc) is 2.92. The second-order valence-corrected chi connectivity index (χ2v) is 10.6. The molecule has 0 heterocycles. The highest BCUT2D eigenvalue weighted by atomic mass is 16.5. The summed E-state index contributed by atoms with van der Waals surface area (Å²) in [5.74, 6) is 3.52. The fraction of sp³-hybridized carbons (Fsp3) is 0.875. The Balaban J connectivity index is 1.72. The van der Waals surface area contributed by atoms with Gasteiger partial charge in [-0.3, -0.25) is 4.79 Å². The topological polar surface area (TPSA) is 26.3 Å². The lowest BCUT2D eigenvalue weighted by molar-refractivity contribution is -0.186. The summed E-state index contributed by atoms with van der Waals surface area (Å²) < 4.78 is 6.05. The van der Waals surface area contributed by atoms with Gasteiger partial charge in [0.2, 0.25) is 0 Å². The summed E-state index contributed by atoms with van der Waals surface area (Å²) >= 11 is 0. The zero-order valence-electron chi connectivity index (χ0n) is 17.5. The normalized spacial score (nSPS) is 52.1. The van der Waals surface area contributed by atoms with Gasteiger partial charge in [-0.15, -0.1) is 0 Å². The SMILES string of the molecule is C/C=C1/CC[C@H]2[C@@H]3[C@H](OC(C)=O)C[C@@H]4C[C@H](C)CC[C@]4(C)[C@H]3CC[C@]12C. The Labute approximate surface area is 160 Å². The van der Waals surface area contributed by atoms with E-state index >= 15 is 0 Å². The number of ether oxygens (including phenoxy) is 1. The molecule has 4 saturated carbocycles. The summed E-state index contributed by atoms with van der Waals surface area (Å²) in [5.41, 5.74) is 2.49. The van der Waals surface area contributed by atoms with E-state index in [1.54, 1.807) is 12.5 Å². The molecule has 0 spiro atoms. The maximum absolute atomic E-state index is 11.9. The van der Waals surface area contributed by atoms with Crippen molar-refractivity contribution in [1.29, 1.82) is 0 Å². The predicted molar refractivity (Wildman–Crippen MR) is 106 cm³/mol. The molecule has 0 aromatic heterocycles. The minimum Gasteiger partial charge on any atom is -0.462 e. The molecule has 0 amide bonds. The van der Waals surface area contributed by atoms with Crippen molar-refractivity contribution in [1.82, 2.24) is 0 Å². The lowest BCUT2D eigenvalue weighted by Crippen LogP contribution is -2.58. The van der Waals surface area contributed by atoms with Crippen molar-refractivity contribution >= 4 is 5.97 Å². The Bertz CT molecular complexity index is 607. The first-order chi connectivity index (χ1) is 12.3. The predicted octanol–water partition coefficient (Wildman–Crippen LogP) is 6.15. The van der Waals surface area contributed by atoms with Gasteiger partial charge >= 0.3 is 5.97 Å². The Morgan fingerprint density at radius 1 is 1.12 bits per heavy atom. The summed E-state index contributed by atoms with van der Waals surface area (Å²) in [6.07, 6.45) is 13.0. The van der Waals surface area contributed by atoms with Crippen LogP contribution in [0.5, 0.6) is 0 Å². The van der Waals surface area contributed by atoms with Crippen molar-refractivity contribution in [2.75, 3.05) is 0 Å². The number of allylic oxidation sites excluding steroid dienone is 2. The quantitative estimate of drug-likeness (QED) is 0.415. The lowest BCUT2D eigenvalue weighted by Gasteiger charge is -2.62. The first-order valence-corrected chi connectivity index (χ1v) is 11.1. The zero-order chi connectivity index (χ0) is 18.7. The summed E-state index contributed by atoms with van der Waals surface area (Å²) in [5, 5.41) is 0. The lowest BCUT2D eigenvalue weighted by atomic mass is 9.44. The van der Waals surface area contributed by atoms with Gasteiger partial charge in [0.15, 0.2) is 0 Å². The largest absolute Gasteiger partial charge is 0.462 e. The molecule has 0 aromatic carbocycles. The molecule has 146 valence electrons. The second-order valence-electron chi connectivity index (χ2n) is 10.6. The van der Waals surface area contributed by atoms with E-state index in [0.717, 1.165) is 24.2 Å². The second kappa shape index (κ2) is 6.38.